The molecule has 0 spiro atoms. The van der Waals surface area contributed by atoms with E-state index in [0.29, 0.717) is 11.3 Å². The molecule has 0 heterocycles. The maximum Gasteiger partial charge on any atom is 0.325 e. The van der Waals surface area contributed by atoms with Gasteiger partial charge >= 0.3 is 5.97 Å². The minimum Gasteiger partial charge on any atom is -0.497 e. The average molecular weight is 427 g/mol. The Labute approximate surface area is 183 Å². The third-order valence-electron chi connectivity index (χ3n) is 4.84. The molecule has 0 bridgehead atoms. The van der Waals surface area contributed by atoms with Crippen LogP contribution in [-0.2, 0) is 20.7 Å². The van der Waals surface area contributed by atoms with E-state index in [4.69, 9.17) is 9.47 Å². The molecular weight excluding hydrogens is 396 g/mol. The monoisotopic (exact) mass is 426 g/mol. The molecule has 0 radical (unpaired) electrons. The molecule has 2 aromatic rings. The van der Waals surface area contributed by atoms with Gasteiger partial charge in [0.15, 0.2) is 6.61 Å². The van der Waals surface area contributed by atoms with Crippen molar-refractivity contribution < 1.29 is 23.9 Å². The predicted molar refractivity (Wildman–Crippen MR) is 118 cm³/mol. The summed E-state index contributed by atoms with van der Waals surface area (Å²) in [6.45, 7) is 5.38. The van der Waals surface area contributed by atoms with Gasteiger partial charge in [-0.3, -0.25) is 14.4 Å². The maximum absolute atomic E-state index is 12.3. The van der Waals surface area contributed by atoms with Gasteiger partial charge in [-0.2, -0.15) is 0 Å². The van der Waals surface area contributed by atoms with E-state index in [9.17, 15) is 14.4 Å². The highest BCUT2D eigenvalue weighted by Gasteiger charge is 2.19. The summed E-state index contributed by atoms with van der Waals surface area (Å²) >= 11 is 0. The Morgan fingerprint density at radius 3 is 2.16 bits per heavy atom. The number of nitrogens with one attached hydrogen (secondary N) is 2. The number of esters is 1. The van der Waals surface area contributed by atoms with E-state index in [1.165, 1.54) is 12.7 Å². The number of ether oxygens (including phenoxy) is 2. The number of hydrogen-bond acceptors (Lipinski definition) is 5. The number of carbonyl (C=O) groups excluding carboxylic acids is 3. The summed E-state index contributed by atoms with van der Waals surface area (Å²) in [7, 11) is 1.53. The highest BCUT2D eigenvalue weighted by molar-refractivity contribution is 5.96. The molecule has 7 nitrogen and oxygen atoms in total. The fourth-order valence-corrected chi connectivity index (χ4v) is 3.00. The van der Waals surface area contributed by atoms with Crippen LogP contribution in [-0.4, -0.2) is 38.0 Å². The van der Waals surface area contributed by atoms with Gasteiger partial charge in [-0.05, 0) is 47.7 Å². The second-order valence-corrected chi connectivity index (χ2v) is 7.46. The molecule has 2 N–H and O–H groups in total. The van der Waals surface area contributed by atoms with Crippen LogP contribution in [0.2, 0.25) is 0 Å². The number of hydrogen-bond donors (Lipinski definition) is 2. The van der Waals surface area contributed by atoms with Gasteiger partial charge in [0.05, 0.1) is 13.2 Å². The molecule has 0 aromatic heterocycles. The first-order valence-electron chi connectivity index (χ1n) is 10.3. The van der Waals surface area contributed by atoms with Crippen molar-refractivity contribution in [2.75, 3.05) is 20.3 Å². The number of methoxy groups -OCH3 is 1. The molecule has 0 saturated heterocycles. The van der Waals surface area contributed by atoms with E-state index >= 15 is 0 Å². The Hall–Kier alpha value is -3.35. The van der Waals surface area contributed by atoms with Crippen LogP contribution >= 0.6 is 0 Å². The van der Waals surface area contributed by atoms with Crippen LogP contribution in [0.4, 0.5) is 0 Å². The molecule has 2 rings (SSSR count). The first-order valence-corrected chi connectivity index (χ1v) is 10.3. The van der Waals surface area contributed by atoms with Crippen molar-refractivity contribution in [1.29, 1.82) is 0 Å². The molecule has 31 heavy (non-hydrogen) atoms. The van der Waals surface area contributed by atoms with Crippen LogP contribution in [0.5, 0.6) is 5.75 Å². The zero-order chi connectivity index (χ0) is 22.8. The van der Waals surface area contributed by atoms with Gasteiger partial charge < -0.3 is 20.1 Å². The zero-order valence-corrected chi connectivity index (χ0v) is 18.4. The zero-order valence-electron chi connectivity index (χ0n) is 18.4. The minimum absolute atomic E-state index is 0.163. The Morgan fingerprint density at radius 1 is 0.968 bits per heavy atom. The Bertz CT molecular complexity index is 876. The third kappa shape index (κ3) is 7.44. The van der Waals surface area contributed by atoms with E-state index in [1.54, 1.807) is 24.3 Å². The Kier molecular flexibility index (Phi) is 9.06. The molecule has 166 valence electrons. The molecule has 1 atom stereocenters. The third-order valence-corrected chi connectivity index (χ3v) is 4.84. The van der Waals surface area contributed by atoms with Crippen LogP contribution in [0.3, 0.4) is 0 Å². The van der Waals surface area contributed by atoms with E-state index in [-0.39, 0.29) is 18.5 Å². The summed E-state index contributed by atoms with van der Waals surface area (Å²) in [6, 6.07) is 14.4. The van der Waals surface area contributed by atoms with E-state index < -0.39 is 24.4 Å². The van der Waals surface area contributed by atoms with Crippen molar-refractivity contribution in [3.8, 4) is 5.75 Å². The van der Waals surface area contributed by atoms with E-state index in [2.05, 4.69) is 17.6 Å². The molecule has 2 amide bonds. The summed E-state index contributed by atoms with van der Waals surface area (Å²) in [5, 5.41) is 5.38. The van der Waals surface area contributed by atoms with Crippen LogP contribution in [0.25, 0.3) is 0 Å². The first-order chi connectivity index (χ1) is 14.8. The smallest absolute Gasteiger partial charge is 0.325 e. The molecule has 0 saturated carbocycles. The number of rotatable bonds is 10. The fraction of sp³-hybridized carbons (Fsp3) is 0.375. The van der Waals surface area contributed by atoms with Gasteiger partial charge in [-0.25, -0.2) is 0 Å². The highest BCUT2D eigenvalue weighted by Crippen LogP contribution is 2.22. The minimum atomic E-state index is -0.689. The van der Waals surface area contributed by atoms with Gasteiger partial charge in [0.1, 0.15) is 12.3 Å². The van der Waals surface area contributed by atoms with Crippen molar-refractivity contribution in [1.82, 2.24) is 10.6 Å². The van der Waals surface area contributed by atoms with Crippen molar-refractivity contribution in [2.45, 2.75) is 33.2 Å². The number of amides is 2. The van der Waals surface area contributed by atoms with Crippen LogP contribution in [0, 0.1) is 5.92 Å². The van der Waals surface area contributed by atoms with Crippen molar-refractivity contribution in [2.24, 2.45) is 5.92 Å². The molecule has 2 aromatic carbocycles. The quantitative estimate of drug-likeness (QED) is 0.570. The standard InChI is InChI=1S/C24H30N2O5/c1-5-17-6-8-18(9-7-17)23(16(2)3)26-21(27)15-31-22(28)14-25-24(29)19-10-12-20(30-4)13-11-19/h6-13,16,23H,5,14-15H2,1-4H3,(H,25,29)(H,26,27)/t23-/m0/s1. The Balaban J connectivity index is 1.80. The lowest BCUT2D eigenvalue weighted by molar-refractivity contribution is -0.147. The van der Waals surface area contributed by atoms with Crippen LogP contribution in [0.1, 0.15) is 48.3 Å². The summed E-state index contributed by atoms with van der Waals surface area (Å²) < 4.78 is 10.0. The fourth-order valence-electron chi connectivity index (χ4n) is 3.00. The van der Waals surface area contributed by atoms with Crippen molar-refractivity contribution in [3.63, 3.8) is 0 Å². The van der Waals surface area contributed by atoms with Crippen molar-refractivity contribution in [3.05, 3.63) is 65.2 Å². The molecular formula is C24H30N2O5. The van der Waals surface area contributed by atoms with Gasteiger partial charge in [0, 0.05) is 5.56 Å². The topological polar surface area (TPSA) is 93.7 Å². The predicted octanol–water partition coefficient (Wildman–Crippen LogP) is 3.04. The SMILES string of the molecule is CCc1ccc([C@@H](NC(=O)COC(=O)CNC(=O)c2ccc(OC)cc2)C(C)C)cc1. The lowest BCUT2D eigenvalue weighted by atomic mass is 9.95. The summed E-state index contributed by atoms with van der Waals surface area (Å²) in [6.07, 6.45) is 0.948. The van der Waals surface area contributed by atoms with Crippen molar-refractivity contribution >= 4 is 17.8 Å². The molecule has 7 heteroatoms. The van der Waals surface area contributed by atoms with E-state index in [0.717, 1.165) is 12.0 Å². The summed E-state index contributed by atoms with van der Waals surface area (Å²) in [5.41, 5.74) is 2.61. The molecule has 0 aliphatic carbocycles. The highest BCUT2D eigenvalue weighted by atomic mass is 16.5. The molecule has 0 aliphatic heterocycles. The first kappa shape index (κ1) is 23.9. The summed E-state index contributed by atoms with van der Waals surface area (Å²) in [5.74, 6) is -0.711. The largest absolute Gasteiger partial charge is 0.497 e. The van der Waals surface area contributed by atoms with Gasteiger partial charge in [-0.15, -0.1) is 0 Å². The van der Waals surface area contributed by atoms with Gasteiger partial charge in [0.25, 0.3) is 11.8 Å². The van der Waals surface area contributed by atoms with Gasteiger partial charge in [0.2, 0.25) is 0 Å². The second-order valence-electron chi connectivity index (χ2n) is 7.46. The maximum atomic E-state index is 12.3. The lowest BCUT2D eigenvalue weighted by Gasteiger charge is -2.23. The second kappa shape index (κ2) is 11.7. The average Bonchev–Trinajstić information content (AvgIpc) is 2.79. The normalized spacial score (nSPS) is 11.5. The van der Waals surface area contributed by atoms with Crippen LogP contribution in [0.15, 0.2) is 48.5 Å². The van der Waals surface area contributed by atoms with Crippen LogP contribution < -0.4 is 15.4 Å². The Morgan fingerprint density at radius 2 is 1.61 bits per heavy atom. The van der Waals surface area contributed by atoms with Gasteiger partial charge in [-0.1, -0.05) is 45.0 Å². The number of aryl methyl sites for hydroxylation is 1. The van der Waals surface area contributed by atoms with E-state index in [1.807, 2.05) is 38.1 Å². The molecule has 0 unspecified atom stereocenters. The number of carbonyl (C=O) groups is 3. The molecule has 0 fully saturated rings. The summed E-state index contributed by atoms with van der Waals surface area (Å²) in [4.78, 5) is 36.3. The number of benzene rings is 2. The lowest BCUT2D eigenvalue weighted by Crippen LogP contribution is -2.36. The molecule has 0 aliphatic rings.